The van der Waals surface area contributed by atoms with Crippen molar-refractivity contribution in [3.63, 3.8) is 0 Å². The first-order chi connectivity index (χ1) is 6.27. The third kappa shape index (κ3) is 1.92. The van der Waals surface area contributed by atoms with E-state index in [9.17, 15) is 4.79 Å². The largest absolute Gasteiger partial charge is 0.381 e. The third-order valence-electron chi connectivity index (χ3n) is 2.93. The molecule has 0 N–H and O–H groups in total. The summed E-state index contributed by atoms with van der Waals surface area (Å²) in [6.07, 6.45) is 2.07. The smallest absolute Gasteiger partial charge is 0.143 e. The minimum atomic E-state index is 0.140. The lowest BCUT2D eigenvalue weighted by Gasteiger charge is -2.10. The zero-order chi connectivity index (χ0) is 9.26. The van der Waals surface area contributed by atoms with Crippen molar-refractivity contribution in [2.45, 2.75) is 25.9 Å². The van der Waals surface area contributed by atoms with Crippen LogP contribution in [0.3, 0.4) is 0 Å². The molecule has 0 bridgehead atoms. The maximum absolute atomic E-state index is 11.8. The molecule has 0 saturated carbocycles. The Morgan fingerprint density at radius 1 is 1.31 bits per heavy atom. The van der Waals surface area contributed by atoms with Crippen LogP contribution in [0.25, 0.3) is 0 Å². The van der Waals surface area contributed by atoms with Gasteiger partial charge < -0.3 is 9.47 Å². The monoisotopic (exact) mass is 184 g/mol. The number of ketones is 1. The van der Waals surface area contributed by atoms with Crippen molar-refractivity contribution in [3.8, 4) is 0 Å². The van der Waals surface area contributed by atoms with Gasteiger partial charge in [0.15, 0.2) is 0 Å². The molecule has 74 valence electrons. The van der Waals surface area contributed by atoms with E-state index >= 15 is 0 Å². The fraction of sp³-hybridized carbons (Fsp3) is 0.900. The zero-order valence-corrected chi connectivity index (χ0v) is 7.99. The summed E-state index contributed by atoms with van der Waals surface area (Å²) in [5.41, 5.74) is 0. The van der Waals surface area contributed by atoms with Crippen LogP contribution >= 0.6 is 0 Å². The summed E-state index contributed by atoms with van der Waals surface area (Å²) in [5, 5.41) is 0. The molecule has 2 saturated heterocycles. The van der Waals surface area contributed by atoms with Crippen molar-refractivity contribution in [1.29, 1.82) is 0 Å². The fourth-order valence-electron chi connectivity index (χ4n) is 2.11. The Morgan fingerprint density at radius 3 is 2.69 bits per heavy atom. The highest BCUT2D eigenvalue weighted by atomic mass is 16.5. The maximum Gasteiger partial charge on any atom is 0.143 e. The van der Waals surface area contributed by atoms with Gasteiger partial charge in [0.1, 0.15) is 5.78 Å². The molecule has 2 rings (SSSR count). The van der Waals surface area contributed by atoms with Gasteiger partial charge in [-0.25, -0.2) is 0 Å². The van der Waals surface area contributed by atoms with E-state index in [0.29, 0.717) is 19.0 Å². The van der Waals surface area contributed by atoms with Gasteiger partial charge >= 0.3 is 0 Å². The number of carbonyl (C=O) groups excluding carboxylic acids is 1. The first-order valence-electron chi connectivity index (χ1n) is 5.00. The van der Waals surface area contributed by atoms with E-state index in [1.807, 2.05) is 6.92 Å². The number of Topliss-reactive ketones (excluding diaryl/α,β-unsaturated/α-hetero) is 1. The highest BCUT2D eigenvalue weighted by Crippen LogP contribution is 2.26. The predicted octanol–water partition coefficient (Wildman–Crippen LogP) is 1.02. The first-order valence-corrected chi connectivity index (χ1v) is 5.00. The minimum absolute atomic E-state index is 0.140. The molecule has 0 aromatic rings. The molecule has 0 amide bonds. The molecule has 0 aromatic heterocycles. The third-order valence-corrected chi connectivity index (χ3v) is 2.93. The van der Waals surface area contributed by atoms with Gasteiger partial charge in [0.25, 0.3) is 0 Å². The number of carbonyl (C=O) groups is 1. The molecule has 3 heteroatoms. The van der Waals surface area contributed by atoms with Gasteiger partial charge in [-0.15, -0.1) is 0 Å². The summed E-state index contributed by atoms with van der Waals surface area (Å²) >= 11 is 0. The standard InChI is InChI=1S/C10H16O3/c1-7-4-9(6-13-7)10(11)8-2-3-12-5-8/h7-9H,2-6H2,1H3. The molecule has 0 aromatic carbocycles. The Balaban J connectivity index is 1.89. The lowest BCUT2D eigenvalue weighted by molar-refractivity contribution is -0.126. The normalized spacial score (nSPS) is 39.6. The van der Waals surface area contributed by atoms with Crippen molar-refractivity contribution in [2.24, 2.45) is 11.8 Å². The molecule has 3 atom stereocenters. The second-order valence-corrected chi connectivity index (χ2v) is 4.04. The number of rotatable bonds is 2. The van der Waals surface area contributed by atoms with Crippen LogP contribution in [-0.4, -0.2) is 31.7 Å². The predicted molar refractivity (Wildman–Crippen MR) is 47.5 cm³/mol. The van der Waals surface area contributed by atoms with Crippen LogP contribution in [-0.2, 0) is 14.3 Å². The lowest BCUT2D eigenvalue weighted by Crippen LogP contribution is -2.24. The summed E-state index contributed by atoms with van der Waals surface area (Å²) in [6.45, 7) is 4.03. The van der Waals surface area contributed by atoms with Crippen LogP contribution in [0.5, 0.6) is 0 Å². The molecule has 2 heterocycles. The highest BCUT2D eigenvalue weighted by molar-refractivity contribution is 5.84. The minimum Gasteiger partial charge on any atom is -0.381 e. The molecule has 13 heavy (non-hydrogen) atoms. The molecule has 2 fully saturated rings. The van der Waals surface area contributed by atoms with Crippen LogP contribution in [0, 0.1) is 11.8 Å². The lowest BCUT2D eigenvalue weighted by atomic mass is 9.90. The number of hydrogen-bond donors (Lipinski definition) is 0. The van der Waals surface area contributed by atoms with Gasteiger partial charge in [0.05, 0.1) is 19.3 Å². The molecule has 2 aliphatic rings. The SMILES string of the molecule is CC1CC(C(=O)C2CCOC2)CO1. The summed E-state index contributed by atoms with van der Waals surface area (Å²) in [6, 6.07) is 0. The molecule has 3 unspecified atom stereocenters. The average molecular weight is 184 g/mol. The van der Waals surface area contributed by atoms with E-state index < -0.39 is 0 Å². The van der Waals surface area contributed by atoms with E-state index in [1.54, 1.807) is 0 Å². The average Bonchev–Trinajstić information content (AvgIpc) is 2.72. The number of ether oxygens (including phenoxy) is 2. The van der Waals surface area contributed by atoms with E-state index in [1.165, 1.54) is 0 Å². The Morgan fingerprint density at radius 2 is 2.15 bits per heavy atom. The van der Waals surface area contributed by atoms with Crippen molar-refractivity contribution in [3.05, 3.63) is 0 Å². The Labute approximate surface area is 78.4 Å². The van der Waals surface area contributed by atoms with Crippen molar-refractivity contribution in [1.82, 2.24) is 0 Å². The second kappa shape index (κ2) is 3.76. The molecular formula is C10H16O3. The van der Waals surface area contributed by atoms with E-state index in [4.69, 9.17) is 9.47 Å². The first kappa shape index (κ1) is 9.16. The molecule has 0 aliphatic carbocycles. The Bertz CT molecular complexity index is 196. The van der Waals surface area contributed by atoms with Gasteiger partial charge in [0.2, 0.25) is 0 Å². The Kier molecular flexibility index (Phi) is 2.65. The topological polar surface area (TPSA) is 35.5 Å². The molecule has 0 radical (unpaired) electrons. The molecular weight excluding hydrogens is 168 g/mol. The summed E-state index contributed by atoms with van der Waals surface area (Å²) < 4.78 is 10.6. The Hall–Kier alpha value is -0.410. The quantitative estimate of drug-likeness (QED) is 0.642. The van der Waals surface area contributed by atoms with Crippen LogP contribution in [0.1, 0.15) is 19.8 Å². The van der Waals surface area contributed by atoms with E-state index in [-0.39, 0.29) is 17.9 Å². The van der Waals surface area contributed by atoms with Gasteiger partial charge in [-0.3, -0.25) is 4.79 Å². The van der Waals surface area contributed by atoms with Crippen LogP contribution in [0.15, 0.2) is 0 Å². The van der Waals surface area contributed by atoms with Crippen LogP contribution in [0.4, 0.5) is 0 Å². The van der Waals surface area contributed by atoms with Gasteiger partial charge in [-0.2, -0.15) is 0 Å². The summed E-state index contributed by atoms with van der Waals surface area (Å²) in [4.78, 5) is 11.8. The van der Waals surface area contributed by atoms with Crippen LogP contribution < -0.4 is 0 Å². The maximum atomic E-state index is 11.8. The fourth-order valence-corrected chi connectivity index (χ4v) is 2.11. The van der Waals surface area contributed by atoms with Gasteiger partial charge in [0, 0.05) is 18.4 Å². The summed E-state index contributed by atoms with van der Waals surface area (Å²) in [7, 11) is 0. The van der Waals surface area contributed by atoms with Gasteiger partial charge in [-0.05, 0) is 19.8 Å². The van der Waals surface area contributed by atoms with E-state index in [2.05, 4.69) is 0 Å². The summed E-state index contributed by atoms with van der Waals surface area (Å²) in [5.74, 6) is 0.655. The van der Waals surface area contributed by atoms with E-state index in [0.717, 1.165) is 19.4 Å². The highest BCUT2D eigenvalue weighted by Gasteiger charge is 2.34. The van der Waals surface area contributed by atoms with Crippen molar-refractivity contribution < 1.29 is 14.3 Å². The van der Waals surface area contributed by atoms with Crippen molar-refractivity contribution in [2.75, 3.05) is 19.8 Å². The molecule has 2 aliphatic heterocycles. The number of hydrogen-bond acceptors (Lipinski definition) is 3. The second-order valence-electron chi connectivity index (χ2n) is 4.04. The van der Waals surface area contributed by atoms with Crippen LogP contribution in [0.2, 0.25) is 0 Å². The van der Waals surface area contributed by atoms with Crippen molar-refractivity contribution >= 4 is 5.78 Å². The van der Waals surface area contributed by atoms with Gasteiger partial charge in [-0.1, -0.05) is 0 Å². The molecule has 0 spiro atoms. The zero-order valence-electron chi connectivity index (χ0n) is 7.99. The molecule has 3 nitrogen and oxygen atoms in total.